The highest BCUT2D eigenvalue weighted by Gasteiger charge is 2.41. The maximum atomic E-state index is 12.9. The SMILES string of the molecule is CCCNC(=O)[C@@H]1CN(C(=O)CC(C)(C)C)C[C@H]1c1cc(OC)c(OC)c(OC)c1. The first kappa shape index (κ1) is 23.8. The molecular weight excluding hydrogens is 384 g/mol. The molecule has 0 unspecified atom stereocenters. The van der Waals surface area contributed by atoms with Crippen molar-refractivity contribution < 1.29 is 23.8 Å². The monoisotopic (exact) mass is 420 g/mol. The Balaban J connectivity index is 2.40. The molecule has 1 heterocycles. The minimum absolute atomic E-state index is 0.0262. The van der Waals surface area contributed by atoms with Crippen LogP contribution in [0.4, 0.5) is 0 Å². The third-order valence-corrected chi connectivity index (χ3v) is 5.36. The predicted molar refractivity (Wildman–Crippen MR) is 116 cm³/mol. The molecule has 1 aliphatic rings. The zero-order chi connectivity index (χ0) is 22.5. The van der Waals surface area contributed by atoms with Gasteiger partial charge in [0.1, 0.15) is 0 Å². The highest BCUT2D eigenvalue weighted by atomic mass is 16.5. The quantitative estimate of drug-likeness (QED) is 0.699. The summed E-state index contributed by atoms with van der Waals surface area (Å²) in [6.07, 6.45) is 1.30. The molecule has 0 bridgehead atoms. The van der Waals surface area contributed by atoms with E-state index in [-0.39, 0.29) is 29.1 Å². The maximum Gasteiger partial charge on any atom is 0.225 e. The molecule has 0 aromatic heterocycles. The fraction of sp³-hybridized carbons (Fsp3) is 0.652. The molecule has 1 fully saturated rings. The van der Waals surface area contributed by atoms with Gasteiger partial charge >= 0.3 is 0 Å². The van der Waals surface area contributed by atoms with Crippen molar-refractivity contribution in [3.8, 4) is 17.2 Å². The summed E-state index contributed by atoms with van der Waals surface area (Å²) in [5.41, 5.74) is 0.786. The van der Waals surface area contributed by atoms with Crippen LogP contribution in [-0.4, -0.2) is 57.7 Å². The van der Waals surface area contributed by atoms with Gasteiger partial charge in [-0.3, -0.25) is 9.59 Å². The fourth-order valence-corrected chi connectivity index (χ4v) is 3.87. The number of methoxy groups -OCH3 is 3. The van der Waals surface area contributed by atoms with Crippen LogP contribution in [-0.2, 0) is 9.59 Å². The molecule has 2 rings (SSSR count). The first-order valence-electron chi connectivity index (χ1n) is 10.5. The number of nitrogens with zero attached hydrogens (tertiary/aromatic N) is 1. The normalized spacial score (nSPS) is 18.8. The van der Waals surface area contributed by atoms with Gasteiger partial charge in [-0.05, 0) is 29.5 Å². The van der Waals surface area contributed by atoms with Gasteiger partial charge in [-0.1, -0.05) is 27.7 Å². The molecule has 1 saturated heterocycles. The summed E-state index contributed by atoms with van der Waals surface area (Å²) < 4.78 is 16.4. The molecule has 1 N–H and O–H groups in total. The van der Waals surface area contributed by atoms with Gasteiger partial charge < -0.3 is 24.4 Å². The topological polar surface area (TPSA) is 77.1 Å². The zero-order valence-corrected chi connectivity index (χ0v) is 19.3. The first-order valence-corrected chi connectivity index (χ1v) is 10.5. The Bertz CT molecular complexity index is 731. The van der Waals surface area contributed by atoms with Crippen molar-refractivity contribution in [2.75, 3.05) is 41.0 Å². The molecule has 0 saturated carbocycles. The first-order chi connectivity index (χ1) is 14.1. The number of hydrogen-bond acceptors (Lipinski definition) is 5. The van der Waals surface area contributed by atoms with Crippen LogP contribution < -0.4 is 19.5 Å². The average Bonchev–Trinajstić information content (AvgIpc) is 3.15. The van der Waals surface area contributed by atoms with E-state index >= 15 is 0 Å². The van der Waals surface area contributed by atoms with Crippen molar-refractivity contribution in [3.63, 3.8) is 0 Å². The highest BCUT2D eigenvalue weighted by Crippen LogP contribution is 2.43. The van der Waals surface area contributed by atoms with E-state index in [9.17, 15) is 9.59 Å². The molecule has 2 amide bonds. The summed E-state index contributed by atoms with van der Waals surface area (Å²) in [7, 11) is 4.70. The predicted octanol–water partition coefficient (Wildman–Crippen LogP) is 3.22. The number of amides is 2. The Kier molecular flexibility index (Phi) is 7.98. The van der Waals surface area contributed by atoms with Crippen molar-refractivity contribution in [3.05, 3.63) is 17.7 Å². The Labute approximate surface area is 180 Å². The molecule has 1 aliphatic heterocycles. The van der Waals surface area contributed by atoms with Crippen molar-refractivity contribution >= 4 is 11.8 Å². The molecule has 0 aliphatic carbocycles. The fourth-order valence-electron chi connectivity index (χ4n) is 3.87. The van der Waals surface area contributed by atoms with Gasteiger partial charge in [0, 0.05) is 32.0 Å². The highest BCUT2D eigenvalue weighted by molar-refractivity contribution is 5.83. The van der Waals surface area contributed by atoms with Crippen molar-refractivity contribution in [2.24, 2.45) is 11.3 Å². The minimum atomic E-state index is -0.330. The molecule has 1 aromatic carbocycles. The summed E-state index contributed by atoms with van der Waals surface area (Å²) in [6, 6.07) is 3.76. The van der Waals surface area contributed by atoms with Crippen LogP contribution in [0.2, 0.25) is 0 Å². The van der Waals surface area contributed by atoms with E-state index in [1.807, 2.05) is 44.7 Å². The third-order valence-electron chi connectivity index (χ3n) is 5.36. The molecule has 30 heavy (non-hydrogen) atoms. The summed E-state index contributed by atoms with van der Waals surface area (Å²) >= 11 is 0. The van der Waals surface area contributed by atoms with Crippen LogP contribution in [0.15, 0.2) is 12.1 Å². The number of carbonyl (C=O) groups is 2. The van der Waals surface area contributed by atoms with E-state index in [1.165, 1.54) is 0 Å². The molecule has 2 atom stereocenters. The number of carbonyl (C=O) groups excluding carboxylic acids is 2. The average molecular weight is 421 g/mol. The van der Waals surface area contributed by atoms with E-state index < -0.39 is 0 Å². The van der Waals surface area contributed by atoms with Crippen molar-refractivity contribution in [2.45, 2.75) is 46.5 Å². The number of benzene rings is 1. The van der Waals surface area contributed by atoms with E-state index in [2.05, 4.69) is 5.32 Å². The van der Waals surface area contributed by atoms with Crippen LogP contribution in [0.25, 0.3) is 0 Å². The lowest BCUT2D eigenvalue weighted by Gasteiger charge is -2.23. The molecule has 7 heteroatoms. The maximum absolute atomic E-state index is 12.9. The molecule has 7 nitrogen and oxygen atoms in total. The van der Waals surface area contributed by atoms with Gasteiger partial charge in [0.2, 0.25) is 17.6 Å². The second-order valence-corrected chi connectivity index (χ2v) is 9.00. The Hall–Kier alpha value is -2.44. The van der Waals surface area contributed by atoms with Gasteiger partial charge in [0.15, 0.2) is 11.5 Å². The lowest BCUT2D eigenvalue weighted by atomic mass is 9.88. The van der Waals surface area contributed by atoms with E-state index in [0.29, 0.717) is 43.3 Å². The van der Waals surface area contributed by atoms with Crippen LogP contribution in [0.1, 0.15) is 52.0 Å². The second-order valence-electron chi connectivity index (χ2n) is 9.00. The Morgan fingerprint density at radius 1 is 1.07 bits per heavy atom. The van der Waals surface area contributed by atoms with E-state index in [1.54, 1.807) is 21.3 Å². The lowest BCUT2D eigenvalue weighted by Crippen LogP contribution is -2.36. The number of ether oxygens (including phenoxy) is 3. The molecule has 0 spiro atoms. The molecule has 0 radical (unpaired) electrons. The van der Waals surface area contributed by atoms with Gasteiger partial charge in [0.25, 0.3) is 0 Å². The molecular formula is C23H36N2O5. The standard InChI is InChI=1S/C23H36N2O5/c1-8-9-24-22(27)17-14-25(20(26)12-23(2,3)4)13-16(17)15-10-18(28-5)21(30-7)19(11-15)29-6/h10-11,16-17H,8-9,12-14H2,1-7H3,(H,24,27)/t16-,17+/m0/s1. The molecule has 168 valence electrons. The zero-order valence-electron chi connectivity index (χ0n) is 19.3. The van der Waals surface area contributed by atoms with Gasteiger partial charge in [-0.25, -0.2) is 0 Å². The Morgan fingerprint density at radius 2 is 1.67 bits per heavy atom. The van der Waals surface area contributed by atoms with Crippen LogP contribution in [0, 0.1) is 11.3 Å². The third kappa shape index (κ3) is 5.58. The van der Waals surface area contributed by atoms with Gasteiger partial charge in [-0.2, -0.15) is 0 Å². The minimum Gasteiger partial charge on any atom is -0.493 e. The van der Waals surface area contributed by atoms with Gasteiger partial charge in [0.05, 0.1) is 27.2 Å². The van der Waals surface area contributed by atoms with E-state index in [0.717, 1.165) is 12.0 Å². The molecule has 1 aromatic rings. The number of rotatable bonds is 8. The van der Waals surface area contributed by atoms with Crippen LogP contribution >= 0.6 is 0 Å². The summed E-state index contributed by atoms with van der Waals surface area (Å²) in [5, 5.41) is 3.00. The number of hydrogen-bond donors (Lipinski definition) is 1. The van der Waals surface area contributed by atoms with Crippen molar-refractivity contribution in [1.82, 2.24) is 10.2 Å². The number of nitrogens with one attached hydrogen (secondary N) is 1. The van der Waals surface area contributed by atoms with Crippen LogP contribution in [0.5, 0.6) is 17.2 Å². The van der Waals surface area contributed by atoms with Gasteiger partial charge in [-0.15, -0.1) is 0 Å². The smallest absolute Gasteiger partial charge is 0.225 e. The second kappa shape index (κ2) is 10.0. The van der Waals surface area contributed by atoms with Crippen LogP contribution in [0.3, 0.4) is 0 Å². The Morgan fingerprint density at radius 3 is 2.13 bits per heavy atom. The van der Waals surface area contributed by atoms with Crippen molar-refractivity contribution in [1.29, 1.82) is 0 Å². The summed E-state index contributed by atoms with van der Waals surface area (Å²) in [5.74, 6) is 1.16. The largest absolute Gasteiger partial charge is 0.493 e. The summed E-state index contributed by atoms with van der Waals surface area (Å²) in [6.45, 7) is 9.66. The number of likely N-dealkylation sites (tertiary alicyclic amines) is 1. The lowest BCUT2D eigenvalue weighted by molar-refractivity contribution is -0.132. The summed E-state index contributed by atoms with van der Waals surface area (Å²) in [4.78, 5) is 27.6. The van der Waals surface area contributed by atoms with E-state index in [4.69, 9.17) is 14.2 Å².